The lowest BCUT2D eigenvalue weighted by Crippen LogP contribution is -1.95. The molecule has 0 aliphatic rings. The van der Waals surface area contributed by atoms with Crippen LogP contribution in [0.2, 0.25) is 0 Å². The summed E-state index contributed by atoms with van der Waals surface area (Å²) in [5, 5.41) is 0. The molecule has 0 radical (unpaired) electrons. The van der Waals surface area contributed by atoms with Crippen LogP contribution in [-0.4, -0.2) is 12.1 Å². The van der Waals surface area contributed by atoms with Crippen LogP contribution in [0.15, 0.2) is 42.6 Å². The summed E-state index contributed by atoms with van der Waals surface area (Å²) in [6, 6.07) is 11.4. The van der Waals surface area contributed by atoms with Crippen LogP contribution in [-0.2, 0) is 0 Å². The number of para-hydroxylation sites is 1. The number of methoxy groups -OCH3 is 1. The Hall–Kier alpha value is -2.03. The van der Waals surface area contributed by atoms with Crippen molar-refractivity contribution >= 4 is 5.69 Å². The minimum Gasteiger partial charge on any atom is -0.494 e. The third-order valence-corrected chi connectivity index (χ3v) is 2.19. The number of nitrogen functional groups attached to an aromatic ring is 1. The third kappa shape index (κ3) is 1.76. The molecule has 1 heterocycles. The van der Waals surface area contributed by atoms with Crippen molar-refractivity contribution in [1.82, 2.24) is 4.98 Å². The molecule has 3 heteroatoms. The molecule has 0 atom stereocenters. The average molecular weight is 200 g/mol. The predicted molar refractivity (Wildman–Crippen MR) is 60.6 cm³/mol. The van der Waals surface area contributed by atoms with E-state index in [4.69, 9.17) is 10.5 Å². The number of nitrogens with zero attached hydrogens (tertiary/aromatic N) is 1. The molecule has 0 spiro atoms. The zero-order valence-corrected chi connectivity index (χ0v) is 8.47. The summed E-state index contributed by atoms with van der Waals surface area (Å²) in [5.41, 5.74) is 8.22. The molecule has 0 aliphatic carbocycles. The molecule has 0 aliphatic heterocycles. The van der Waals surface area contributed by atoms with Crippen molar-refractivity contribution in [1.29, 1.82) is 0 Å². The Morgan fingerprint density at radius 1 is 1.13 bits per heavy atom. The van der Waals surface area contributed by atoms with Crippen molar-refractivity contribution < 1.29 is 4.74 Å². The second-order valence-electron chi connectivity index (χ2n) is 3.14. The highest BCUT2D eigenvalue weighted by molar-refractivity contribution is 5.74. The van der Waals surface area contributed by atoms with Crippen molar-refractivity contribution in [2.24, 2.45) is 0 Å². The Morgan fingerprint density at radius 2 is 2.00 bits per heavy atom. The maximum Gasteiger partial charge on any atom is 0.151 e. The van der Waals surface area contributed by atoms with Gasteiger partial charge in [0.25, 0.3) is 0 Å². The molecule has 0 saturated carbocycles. The maximum atomic E-state index is 5.82. The van der Waals surface area contributed by atoms with Crippen LogP contribution in [0.25, 0.3) is 11.3 Å². The van der Waals surface area contributed by atoms with E-state index in [0.717, 1.165) is 11.3 Å². The molecule has 3 nitrogen and oxygen atoms in total. The highest BCUT2D eigenvalue weighted by Crippen LogP contribution is 2.33. The number of hydrogen-bond donors (Lipinski definition) is 1. The van der Waals surface area contributed by atoms with Crippen LogP contribution in [0, 0.1) is 0 Å². The smallest absolute Gasteiger partial charge is 0.151 e. The lowest BCUT2D eigenvalue weighted by molar-refractivity contribution is 0.418. The molecule has 1 aromatic heterocycles. The van der Waals surface area contributed by atoms with E-state index in [-0.39, 0.29) is 0 Å². The highest BCUT2D eigenvalue weighted by atomic mass is 16.5. The summed E-state index contributed by atoms with van der Waals surface area (Å²) in [7, 11) is 1.61. The topological polar surface area (TPSA) is 48.1 Å². The minimum atomic E-state index is 0.626. The van der Waals surface area contributed by atoms with Gasteiger partial charge in [-0.15, -0.1) is 0 Å². The number of ether oxygens (including phenoxy) is 1. The van der Waals surface area contributed by atoms with E-state index >= 15 is 0 Å². The summed E-state index contributed by atoms with van der Waals surface area (Å²) in [4.78, 5) is 4.26. The molecule has 0 unspecified atom stereocenters. The molecule has 2 N–H and O–H groups in total. The molecule has 15 heavy (non-hydrogen) atoms. The van der Waals surface area contributed by atoms with E-state index < -0.39 is 0 Å². The van der Waals surface area contributed by atoms with Crippen molar-refractivity contribution in [3.8, 4) is 17.0 Å². The number of rotatable bonds is 2. The number of aromatic nitrogens is 1. The van der Waals surface area contributed by atoms with Gasteiger partial charge in [0.2, 0.25) is 0 Å². The minimum absolute atomic E-state index is 0.626. The van der Waals surface area contributed by atoms with Gasteiger partial charge in [0, 0.05) is 11.8 Å². The first-order valence-electron chi connectivity index (χ1n) is 4.67. The summed E-state index contributed by atoms with van der Waals surface area (Å²) in [6.07, 6.45) is 1.75. The van der Waals surface area contributed by atoms with Crippen LogP contribution >= 0.6 is 0 Å². The second kappa shape index (κ2) is 4.00. The fourth-order valence-corrected chi connectivity index (χ4v) is 1.51. The van der Waals surface area contributed by atoms with Gasteiger partial charge < -0.3 is 10.5 Å². The molecule has 76 valence electrons. The van der Waals surface area contributed by atoms with Gasteiger partial charge in [0.05, 0.1) is 18.5 Å². The van der Waals surface area contributed by atoms with Gasteiger partial charge in [0.1, 0.15) is 0 Å². The Labute approximate surface area is 88.5 Å². The van der Waals surface area contributed by atoms with Crippen molar-refractivity contribution in [2.45, 2.75) is 0 Å². The van der Waals surface area contributed by atoms with Gasteiger partial charge in [-0.05, 0) is 24.3 Å². The van der Waals surface area contributed by atoms with Gasteiger partial charge >= 0.3 is 0 Å². The molecule has 1 aromatic carbocycles. The summed E-state index contributed by atoms with van der Waals surface area (Å²) >= 11 is 0. The molecule has 2 rings (SSSR count). The molecule has 0 bridgehead atoms. The van der Waals surface area contributed by atoms with Crippen LogP contribution in [0.4, 0.5) is 5.69 Å². The molecule has 0 fully saturated rings. The van der Waals surface area contributed by atoms with Gasteiger partial charge in [0.15, 0.2) is 5.75 Å². The number of hydrogen-bond acceptors (Lipinski definition) is 3. The normalized spacial score (nSPS) is 9.93. The maximum absolute atomic E-state index is 5.82. The molecular formula is C12H12N2O. The lowest BCUT2D eigenvalue weighted by Gasteiger charge is -2.09. The van der Waals surface area contributed by atoms with Crippen LogP contribution in [0.1, 0.15) is 0 Å². The fourth-order valence-electron chi connectivity index (χ4n) is 1.51. The van der Waals surface area contributed by atoms with E-state index in [0.29, 0.717) is 11.4 Å². The number of benzene rings is 1. The standard InChI is InChI=1S/C12H12N2O/c1-15-12-9(5-4-6-10(12)13)11-7-2-3-8-14-11/h2-8H,13H2,1H3. The highest BCUT2D eigenvalue weighted by Gasteiger charge is 2.08. The summed E-state index contributed by atoms with van der Waals surface area (Å²) < 4.78 is 5.27. The first kappa shape index (κ1) is 9.52. The average Bonchev–Trinajstić information content (AvgIpc) is 2.30. The predicted octanol–water partition coefficient (Wildman–Crippen LogP) is 2.34. The van der Waals surface area contributed by atoms with E-state index in [1.54, 1.807) is 13.3 Å². The summed E-state index contributed by atoms with van der Waals surface area (Å²) in [5.74, 6) is 0.677. The first-order valence-corrected chi connectivity index (χ1v) is 4.67. The van der Waals surface area contributed by atoms with E-state index in [2.05, 4.69) is 4.98 Å². The molecule has 0 amide bonds. The largest absolute Gasteiger partial charge is 0.494 e. The van der Waals surface area contributed by atoms with E-state index in [9.17, 15) is 0 Å². The monoisotopic (exact) mass is 200 g/mol. The zero-order chi connectivity index (χ0) is 10.7. The van der Waals surface area contributed by atoms with Crippen molar-refractivity contribution in [2.75, 3.05) is 12.8 Å². The SMILES string of the molecule is COc1c(N)cccc1-c1ccccn1. The molecule has 0 saturated heterocycles. The van der Waals surface area contributed by atoms with Crippen LogP contribution in [0.3, 0.4) is 0 Å². The third-order valence-electron chi connectivity index (χ3n) is 2.19. The quantitative estimate of drug-likeness (QED) is 0.757. The molecule has 2 aromatic rings. The fraction of sp³-hybridized carbons (Fsp3) is 0.0833. The first-order chi connectivity index (χ1) is 7.33. The van der Waals surface area contributed by atoms with Crippen molar-refractivity contribution in [3.05, 3.63) is 42.6 Å². The number of pyridine rings is 1. The zero-order valence-electron chi connectivity index (χ0n) is 8.47. The number of nitrogens with two attached hydrogens (primary N) is 1. The Bertz CT molecular complexity index is 454. The summed E-state index contributed by atoms with van der Waals surface area (Å²) in [6.45, 7) is 0. The van der Waals surface area contributed by atoms with Gasteiger partial charge in [-0.2, -0.15) is 0 Å². The van der Waals surface area contributed by atoms with E-state index in [1.807, 2.05) is 36.4 Å². The Morgan fingerprint density at radius 3 is 2.67 bits per heavy atom. The lowest BCUT2D eigenvalue weighted by atomic mass is 10.1. The van der Waals surface area contributed by atoms with Crippen molar-refractivity contribution in [3.63, 3.8) is 0 Å². The van der Waals surface area contributed by atoms with E-state index in [1.165, 1.54) is 0 Å². The van der Waals surface area contributed by atoms with Gasteiger partial charge in [-0.1, -0.05) is 12.1 Å². The number of anilines is 1. The van der Waals surface area contributed by atoms with Gasteiger partial charge in [-0.3, -0.25) is 4.98 Å². The Kier molecular flexibility index (Phi) is 2.54. The van der Waals surface area contributed by atoms with Crippen LogP contribution < -0.4 is 10.5 Å². The van der Waals surface area contributed by atoms with Crippen LogP contribution in [0.5, 0.6) is 5.75 Å². The Balaban J connectivity index is 2.58. The molecular weight excluding hydrogens is 188 g/mol. The second-order valence-corrected chi connectivity index (χ2v) is 3.14. The van der Waals surface area contributed by atoms with Gasteiger partial charge in [-0.25, -0.2) is 0 Å².